The molecule has 4 heteroatoms. The van der Waals surface area contributed by atoms with Crippen molar-refractivity contribution >= 4 is 55.7 Å². The molecule has 0 N–H and O–H groups in total. The molecule has 0 aliphatic heterocycles. The molecule has 0 unspecified atom stereocenters. The molecule has 5 aromatic rings. The Bertz CT molecular complexity index is 1600. The highest BCUT2D eigenvalue weighted by atomic mass is 32.1. The topological polar surface area (TPSA) is 25.8 Å². The average molecular weight is 539 g/mol. The van der Waals surface area contributed by atoms with Gasteiger partial charge in [0.05, 0.1) is 24.0 Å². The molecular formula is C34H42N2SSi. The Morgan fingerprint density at radius 2 is 1.47 bits per heavy atom. The van der Waals surface area contributed by atoms with Gasteiger partial charge in [0.2, 0.25) is 0 Å². The molecule has 0 spiro atoms. The first-order valence-corrected chi connectivity index (χ1v) is 17.2. The van der Waals surface area contributed by atoms with E-state index in [4.69, 9.17) is 9.97 Å². The van der Waals surface area contributed by atoms with Gasteiger partial charge in [-0.3, -0.25) is 0 Å². The van der Waals surface area contributed by atoms with Crippen molar-refractivity contribution in [1.82, 2.24) is 9.97 Å². The molecule has 3 aromatic carbocycles. The molecule has 0 saturated carbocycles. The Morgan fingerprint density at radius 1 is 0.789 bits per heavy atom. The highest BCUT2D eigenvalue weighted by molar-refractivity contribution is 7.26. The molecule has 2 nitrogen and oxygen atoms in total. The van der Waals surface area contributed by atoms with E-state index in [-0.39, 0.29) is 5.41 Å². The lowest BCUT2D eigenvalue weighted by Crippen LogP contribution is -2.55. The van der Waals surface area contributed by atoms with E-state index in [9.17, 15) is 0 Å². The zero-order valence-corrected chi connectivity index (χ0v) is 26.3. The molecule has 0 radical (unpaired) electrons. The van der Waals surface area contributed by atoms with Gasteiger partial charge in [-0.15, -0.1) is 11.3 Å². The van der Waals surface area contributed by atoms with Crippen LogP contribution in [0.2, 0.25) is 16.6 Å². The first-order valence-electron chi connectivity index (χ1n) is 14.1. The van der Waals surface area contributed by atoms with E-state index < -0.39 is 8.07 Å². The summed E-state index contributed by atoms with van der Waals surface area (Å²) in [5.74, 6) is 0. The minimum atomic E-state index is -1.90. The van der Waals surface area contributed by atoms with Gasteiger partial charge in [-0.2, -0.15) is 0 Å². The SMILES string of the molecule is CC(C)[Si](c1cc(-c2ncnc3c2sc2cc(CC(C)(C)C)ccc23)cc2ccccc12)(C(C)C)C(C)C. The number of rotatable bonds is 6. The molecule has 0 amide bonds. The van der Waals surface area contributed by atoms with Crippen molar-refractivity contribution in [3.8, 4) is 11.3 Å². The van der Waals surface area contributed by atoms with Gasteiger partial charge < -0.3 is 0 Å². The molecule has 198 valence electrons. The third-order valence-corrected chi connectivity index (χ3v) is 16.7. The Hall–Kier alpha value is -2.56. The van der Waals surface area contributed by atoms with Crippen molar-refractivity contribution in [3.05, 3.63) is 66.5 Å². The van der Waals surface area contributed by atoms with Gasteiger partial charge in [-0.05, 0) is 56.9 Å². The summed E-state index contributed by atoms with van der Waals surface area (Å²) in [5, 5.41) is 5.57. The van der Waals surface area contributed by atoms with Crippen molar-refractivity contribution < 1.29 is 0 Å². The van der Waals surface area contributed by atoms with Gasteiger partial charge in [0, 0.05) is 15.6 Å². The Balaban J connectivity index is 1.79. The predicted octanol–water partition coefficient (Wildman–Crippen LogP) is 10.1. The second-order valence-electron chi connectivity index (χ2n) is 13.2. The number of hydrogen-bond donors (Lipinski definition) is 0. The molecule has 0 aliphatic carbocycles. The molecule has 0 saturated heterocycles. The fraction of sp³-hybridized carbons (Fsp3) is 0.412. The zero-order chi connectivity index (χ0) is 27.4. The van der Waals surface area contributed by atoms with Crippen LogP contribution in [-0.4, -0.2) is 18.0 Å². The summed E-state index contributed by atoms with van der Waals surface area (Å²) in [6, 6.07) is 20.8. The molecule has 2 heterocycles. The standard InChI is InChI=1S/C34H42N2SSi/c1-21(2)38(22(3)4,23(5)6)30-18-26(17-25-12-10-11-13-27(25)30)31-33-32(36-20-35-31)28-15-14-24(16-29(28)37-33)19-34(7,8)9/h10-18,20-23H,19H2,1-9H3. The number of benzene rings is 3. The van der Waals surface area contributed by atoms with Crippen LogP contribution < -0.4 is 5.19 Å². The molecule has 0 bridgehead atoms. The van der Waals surface area contributed by atoms with Crippen LogP contribution in [0.5, 0.6) is 0 Å². The summed E-state index contributed by atoms with van der Waals surface area (Å²) < 4.78 is 2.50. The first kappa shape index (κ1) is 27.0. The van der Waals surface area contributed by atoms with E-state index in [1.807, 2.05) is 11.3 Å². The second kappa shape index (κ2) is 9.88. The van der Waals surface area contributed by atoms with Crippen molar-refractivity contribution in [3.63, 3.8) is 0 Å². The highest BCUT2D eigenvalue weighted by Crippen LogP contribution is 2.44. The maximum atomic E-state index is 4.93. The monoisotopic (exact) mass is 538 g/mol. The summed E-state index contributed by atoms with van der Waals surface area (Å²) in [5.41, 5.74) is 6.93. The van der Waals surface area contributed by atoms with Gasteiger partial charge in [0.15, 0.2) is 0 Å². The van der Waals surface area contributed by atoms with Crippen LogP contribution >= 0.6 is 11.3 Å². The third kappa shape index (κ3) is 4.50. The number of aromatic nitrogens is 2. The lowest BCUT2D eigenvalue weighted by atomic mass is 9.88. The van der Waals surface area contributed by atoms with Gasteiger partial charge in [0.1, 0.15) is 6.33 Å². The molecule has 0 atom stereocenters. The van der Waals surface area contributed by atoms with E-state index in [0.29, 0.717) is 16.6 Å². The summed E-state index contributed by atoms with van der Waals surface area (Å²) >= 11 is 1.85. The molecular weight excluding hydrogens is 497 g/mol. The number of hydrogen-bond acceptors (Lipinski definition) is 3. The van der Waals surface area contributed by atoms with Crippen molar-refractivity contribution in [2.24, 2.45) is 5.41 Å². The van der Waals surface area contributed by atoms with Crippen molar-refractivity contribution in [1.29, 1.82) is 0 Å². The van der Waals surface area contributed by atoms with Gasteiger partial charge in [-0.25, -0.2) is 9.97 Å². The molecule has 38 heavy (non-hydrogen) atoms. The number of fused-ring (bicyclic) bond motifs is 4. The van der Waals surface area contributed by atoms with Crippen molar-refractivity contribution in [2.45, 2.75) is 85.4 Å². The first-order chi connectivity index (χ1) is 17.9. The second-order valence-corrected chi connectivity index (χ2v) is 20.1. The lowest BCUT2D eigenvalue weighted by Gasteiger charge is -2.44. The third-order valence-electron chi connectivity index (χ3n) is 8.52. The van der Waals surface area contributed by atoms with Crippen molar-refractivity contribution in [2.75, 3.05) is 0 Å². The van der Waals surface area contributed by atoms with Crippen LogP contribution in [0.15, 0.2) is 60.9 Å². The Kier molecular flexibility index (Phi) is 7.02. The summed E-state index contributed by atoms with van der Waals surface area (Å²) in [4.78, 5) is 9.72. The largest absolute Gasteiger partial charge is 0.235 e. The molecule has 0 aliphatic rings. The summed E-state index contributed by atoms with van der Waals surface area (Å²) in [6.45, 7) is 21.6. The quantitative estimate of drug-likeness (QED) is 0.201. The maximum absolute atomic E-state index is 4.93. The van der Waals surface area contributed by atoms with Crippen LogP contribution in [0.25, 0.3) is 42.3 Å². The van der Waals surface area contributed by atoms with Crippen LogP contribution in [-0.2, 0) is 6.42 Å². The van der Waals surface area contributed by atoms with Crippen LogP contribution in [0, 0.1) is 5.41 Å². The number of thiophene rings is 1. The zero-order valence-electron chi connectivity index (χ0n) is 24.5. The van der Waals surface area contributed by atoms with Gasteiger partial charge in [0.25, 0.3) is 0 Å². The smallest absolute Gasteiger partial charge is 0.116 e. The van der Waals surface area contributed by atoms with E-state index in [1.165, 1.54) is 36.7 Å². The van der Waals surface area contributed by atoms with E-state index in [2.05, 4.69) is 117 Å². The van der Waals surface area contributed by atoms with Crippen LogP contribution in [0.3, 0.4) is 0 Å². The van der Waals surface area contributed by atoms with Gasteiger partial charge >= 0.3 is 0 Å². The predicted molar refractivity (Wildman–Crippen MR) is 172 cm³/mol. The fourth-order valence-electron chi connectivity index (χ4n) is 7.29. The van der Waals surface area contributed by atoms with E-state index in [1.54, 1.807) is 11.5 Å². The molecule has 2 aromatic heterocycles. The minimum Gasteiger partial charge on any atom is -0.235 e. The normalized spacial score (nSPS) is 13.2. The Morgan fingerprint density at radius 3 is 2.13 bits per heavy atom. The van der Waals surface area contributed by atoms with Gasteiger partial charge in [-0.1, -0.05) is 110 Å². The number of nitrogens with zero attached hydrogens (tertiary/aromatic N) is 2. The van der Waals surface area contributed by atoms with E-state index >= 15 is 0 Å². The van der Waals surface area contributed by atoms with Crippen LogP contribution in [0.4, 0.5) is 0 Å². The maximum Gasteiger partial charge on any atom is 0.116 e. The fourth-order valence-corrected chi connectivity index (χ4v) is 15.5. The Labute approximate surface area is 233 Å². The molecule has 5 rings (SSSR count). The minimum absolute atomic E-state index is 0.260. The van der Waals surface area contributed by atoms with E-state index in [0.717, 1.165) is 17.6 Å². The molecule has 0 fully saturated rings. The lowest BCUT2D eigenvalue weighted by molar-refractivity contribution is 0.411. The summed E-state index contributed by atoms with van der Waals surface area (Å²) in [6.07, 6.45) is 2.83. The highest BCUT2D eigenvalue weighted by Gasteiger charge is 2.45. The summed E-state index contributed by atoms with van der Waals surface area (Å²) in [7, 11) is -1.90. The van der Waals surface area contributed by atoms with Crippen LogP contribution in [0.1, 0.15) is 67.9 Å². The average Bonchev–Trinajstić information content (AvgIpc) is 3.20.